The molecule has 1 saturated heterocycles. The summed E-state index contributed by atoms with van der Waals surface area (Å²) in [7, 11) is -2.13. The van der Waals surface area contributed by atoms with Gasteiger partial charge in [0.05, 0.1) is 37.5 Å². The molecule has 0 spiro atoms. The van der Waals surface area contributed by atoms with Gasteiger partial charge in [-0.3, -0.25) is 0 Å². The van der Waals surface area contributed by atoms with Crippen LogP contribution in [0.4, 0.5) is 16.3 Å². The van der Waals surface area contributed by atoms with Crippen molar-refractivity contribution in [2.24, 2.45) is 0 Å². The van der Waals surface area contributed by atoms with E-state index in [4.69, 9.17) is 19.3 Å². The highest BCUT2D eigenvalue weighted by Gasteiger charge is 2.26. The van der Waals surface area contributed by atoms with Crippen LogP contribution in [0.25, 0.3) is 0 Å². The minimum atomic E-state index is -3.63. The molecule has 11 nitrogen and oxygen atoms in total. The summed E-state index contributed by atoms with van der Waals surface area (Å²) >= 11 is 0. The molecule has 1 aliphatic heterocycles. The molecule has 0 unspecified atom stereocenters. The minimum absolute atomic E-state index is 0.107. The lowest BCUT2D eigenvalue weighted by atomic mass is 10.1. The zero-order chi connectivity index (χ0) is 24.7. The fraction of sp³-hybridized carbons (Fsp3) is 0.500. The van der Waals surface area contributed by atoms with Gasteiger partial charge in [0, 0.05) is 38.2 Å². The number of likely N-dealkylation sites (tertiary alicyclic amines) is 1. The lowest BCUT2D eigenvalue weighted by Crippen LogP contribution is -2.42. The Morgan fingerprint density at radius 1 is 1.24 bits per heavy atom. The highest BCUT2D eigenvalue weighted by molar-refractivity contribution is 7.91. The predicted molar refractivity (Wildman–Crippen MR) is 124 cm³/mol. The molecule has 1 aliphatic rings. The van der Waals surface area contributed by atoms with Crippen LogP contribution in [0.3, 0.4) is 0 Å². The van der Waals surface area contributed by atoms with Crippen LogP contribution in [-0.4, -0.2) is 79.3 Å². The molecule has 12 heteroatoms. The van der Waals surface area contributed by atoms with Crippen LogP contribution in [0, 0.1) is 0 Å². The molecule has 34 heavy (non-hydrogen) atoms. The number of anilines is 2. The van der Waals surface area contributed by atoms with Crippen molar-refractivity contribution in [3.63, 3.8) is 0 Å². The molecule has 0 aliphatic carbocycles. The van der Waals surface area contributed by atoms with Gasteiger partial charge in [-0.05, 0) is 26.0 Å². The first-order chi connectivity index (χ1) is 16.2. The normalized spacial score (nSPS) is 14.7. The van der Waals surface area contributed by atoms with E-state index in [1.807, 2.05) is 13.8 Å². The van der Waals surface area contributed by atoms with Crippen molar-refractivity contribution >= 4 is 27.4 Å². The third-order valence-corrected chi connectivity index (χ3v) is 6.68. The number of aromatic nitrogens is 2. The standard InChI is InChI=1S/C22H30N4O7S/c1-15(2)32-22(28)26-10-7-17(8-11-26)33-18-6-9-23-21(20(18)31-3)25-16-4-5-19(24-14-16)34(29,30)13-12-27/h4-6,9,14-15,17,27H,7-8,10-13H2,1-3H3,(H,23,25). The van der Waals surface area contributed by atoms with Crippen LogP contribution in [-0.2, 0) is 14.6 Å². The van der Waals surface area contributed by atoms with E-state index in [1.165, 1.54) is 19.4 Å². The van der Waals surface area contributed by atoms with Gasteiger partial charge in [0.15, 0.2) is 26.4 Å². The number of methoxy groups -OCH3 is 1. The maximum Gasteiger partial charge on any atom is 0.410 e. The number of ether oxygens (including phenoxy) is 3. The summed E-state index contributed by atoms with van der Waals surface area (Å²) in [6.45, 7) is 4.23. The number of amides is 1. The minimum Gasteiger partial charge on any atom is -0.490 e. The van der Waals surface area contributed by atoms with Crippen molar-refractivity contribution in [1.82, 2.24) is 14.9 Å². The van der Waals surface area contributed by atoms with Gasteiger partial charge in [0.1, 0.15) is 6.10 Å². The molecule has 0 aromatic carbocycles. The van der Waals surface area contributed by atoms with Gasteiger partial charge in [-0.1, -0.05) is 0 Å². The first kappa shape index (κ1) is 25.5. The average molecular weight is 495 g/mol. The highest BCUT2D eigenvalue weighted by atomic mass is 32.2. The second-order valence-electron chi connectivity index (χ2n) is 7.98. The van der Waals surface area contributed by atoms with E-state index >= 15 is 0 Å². The third-order valence-electron chi connectivity index (χ3n) is 5.08. The van der Waals surface area contributed by atoms with Gasteiger partial charge in [0.25, 0.3) is 0 Å². The fourth-order valence-corrected chi connectivity index (χ4v) is 4.36. The van der Waals surface area contributed by atoms with Crippen LogP contribution >= 0.6 is 0 Å². The molecule has 2 aromatic heterocycles. The van der Waals surface area contributed by atoms with E-state index in [1.54, 1.807) is 23.2 Å². The molecule has 3 heterocycles. The molecule has 0 atom stereocenters. The smallest absolute Gasteiger partial charge is 0.410 e. The maximum absolute atomic E-state index is 12.1. The van der Waals surface area contributed by atoms with Crippen LogP contribution in [0.15, 0.2) is 35.6 Å². The van der Waals surface area contributed by atoms with E-state index in [0.29, 0.717) is 48.9 Å². The number of pyridine rings is 2. The lowest BCUT2D eigenvalue weighted by molar-refractivity contribution is 0.0511. The summed E-state index contributed by atoms with van der Waals surface area (Å²) in [6.07, 6.45) is 3.65. The second-order valence-corrected chi connectivity index (χ2v) is 10.0. The Kier molecular flexibility index (Phi) is 8.51. The van der Waals surface area contributed by atoms with Crippen molar-refractivity contribution in [3.8, 4) is 11.5 Å². The maximum atomic E-state index is 12.1. The van der Waals surface area contributed by atoms with Crippen LogP contribution in [0.5, 0.6) is 11.5 Å². The lowest BCUT2D eigenvalue weighted by Gasteiger charge is -2.32. The molecule has 2 aromatic rings. The summed E-state index contributed by atoms with van der Waals surface area (Å²) in [5.74, 6) is 0.879. The number of aliphatic hydroxyl groups is 1. The predicted octanol–water partition coefficient (Wildman–Crippen LogP) is 2.38. The summed E-state index contributed by atoms with van der Waals surface area (Å²) in [4.78, 5) is 22.0. The van der Waals surface area contributed by atoms with Crippen molar-refractivity contribution in [3.05, 3.63) is 30.6 Å². The van der Waals surface area contributed by atoms with Crippen LogP contribution in [0.2, 0.25) is 0 Å². The first-order valence-corrected chi connectivity index (χ1v) is 12.6. The number of rotatable bonds is 9. The Morgan fingerprint density at radius 2 is 1.97 bits per heavy atom. The monoisotopic (exact) mass is 494 g/mol. The van der Waals surface area contributed by atoms with Crippen LogP contribution in [0.1, 0.15) is 26.7 Å². The van der Waals surface area contributed by atoms with Crippen LogP contribution < -0.4 is 14.8 Å². The third kappa shape index (κ3) is 6.48. The molecule has 0 saturated carbocycles. The largest absolute Gasteiger partial charge is 0.490 e. The van der Waals surface area contributed by atoms with Crippen molar-refractivity contribution in [1.29, 1.82) is 0 Å². The van der Waals surface area contributed by atoms with Gasteiger partial charge >= 0.3 is 6.09 Å². The Balaban J connectivity index is 1.66. The van der Waals surface area contributed by atoms with Gasteiger partial charge in [0.2, 0.25) is 5.75 Å². The summed E-state index contributed by atoms with van der Waals surface area (Å²) in [6, 6.07) is 4.61. The highest BCUT2D eigenvalue weighted by Crippen LogP contribution is 2.36. The topological polar surface area (TPSA) is 140 Å². The average Bonchev–Trinajstić information content (AvgIpc) is 2.80. The number of piperidine rings is 1. The van der Waals surface area contributed by atoms with Crippen molar-refractivity contribution < 1.29 is 32.5 Å². The molecule has 2 N–H and O–H groups in total. The molecule has 1 fully saturated rings. The summed E-state index contributed by atoms with van der Waals surface area (Å²) < 4.78 is 41.0. The fourth-order valence-electron chi connectivity index (χ4n) is 3.42. The molecule has 0 radical (unpaired) electrons. The van der Waals surface area contributed by atoms with Crippen molar-refractivity contribution in [2.45, 2.75) is 43.9 Å². The van der Waals surface area contributed by atoms with Crippen molar-refractivity contribution in [2.75, 3.05) is 37.9 Å². The number of hydrogen-bond acceptors (Lipinski definition) is 10. The first-order valence-electron chi connectivity index (χ1n) is 11.0. The number of nitrogens with zero attached hydrogens (tertiary/aromatic N) is 3. The van der Waals surface area contributed by atoms with Gasteiger partial charge in [-0.2, -0.15) is 0 Å². The molecule has 186 valence electrons. The number of sulfone groups is 1. The Morgan fingerprint density at radius 3 is 2.56 bits per heavy atom. The van der Waals surface area contributed by atoms with E-state index in [2.05, 4.69) is 15.3 Å². The number of carbonyl (C=O) groups excluding carboxylic acids is 1. The van der Waals surface area contributed by atoms with Gasteiger partial charge < -0.3 is 29.5 Å². The molecular formula is C22H30N4O7S. The number of hydrogen-bond donors (Lipinski definition) is 2. The SMILES string of the molecule is COc1c(OC2CCN(C(=O)OC(C)C)CC2)ccnc1Nc1ccc(S(=O)(=O)CCO)nc1. The number of carbonyl (C=O) groups is 1. The molecule has 1 amide bonds. The number of nitrogens with one attached hydrogen (secondary N) is 1. The Bertz CT molecular complexity index is 1070. The Labute approximate surface area is 199 Å². The Hall–Kier alpha value is -3.12. The quantitative estimate of drug-likeness (QED) is 0.534. The molecular weight excluding hydrogens is 464 g/mol. The van der Waals surface area contributed by atoms with E-state index in [9.17, 15) is 13.2 Å². The summed E-state index contributed by atoms with van der Waals surface area (Å²) in [5.41, 5.74) is 0.503. The molecule has 0 bridgehead atoms. The van der Waals surface area contributed by atoms with E-state index < -0.39 is 16.4 Å². The van der Waals surface area contributed by atoms with E-state index in [-0.39, 0.29) is 29.1 Å². The second kappa shape index (κ2) is 11.3. The molecule has 3 rings (SSSR count). The van der Waals surface area contributed by atoms with E-state index in [0.717, 1.165) is 0 Å². The number of aliphatic hydroxyl groups excluding tert-OH is 1. The zero-order valence-corrected chi connectivity index (χ0v) is 20.2. The summed E-state index contributed by atoms with van der Waals surface area (Å²) in [5, 5.41) is 11.8. The van der Waals surface area contributed by atoms with Gasteiger partial charge in [-0.15, -0.1) is 0 Å². The van der Waals surface area contributed by atoms with Gasteiger partial charge in [-0.25, -0.2) is 23.2 Å². The zero-order valence-electron chi connectivity index (χ0n) is 19.4.